The molecule has 0 unspecified atom stereocenters. The van der Waals surface area contributed by atoms with Crippen LogP contribution in [0.5, 0.6) is 5.75 Å². The summed E-state index contributed by atoms with van der Waals surface area (Å²) in [6, 6.07) is 1.29. The van der Waals surface area contributed by atoms with Crippen LogP contribution in [0.1, 0.15) is 0 Å². The lowest BCUT2D eigenvalue weighted by atomic mass is 10.1. The summed E-state index contributed by atoms with van der Waals surface area (Å²) in [4.78, 5) is -2.02. The van der Waals surface area contributed by atoms with Crippen molar-refractivity contribution in [3.63, 3.8) is 0 Å². The molecule has 0 saturated carbocycles. The molecule has 3 nitrogen and oxygen atoms in total. The maximum absolute atomic E-state index is 12.5. The molecule has 0 aliphatic carbocycles. The van der Waals surface area contributed by atoms with Crippen LogP contribution >= 0.6 is 10.2 Å². The van der Waals surface area contributed by atoms with Crippen molar-refractivity contribution in [2.24, 2.45) is 5.92 Å². The van der Waals surface area contributed by atoms with Gasteiger partial charge in [0.25, 0.3) is 0 Å². The molecule has 0 aromatic heterocycles. The Morgan fingerprint density at radius 3 is 2.26 bits per heavy atom. The van der Waals surface area contributed by atoms with Crippen LogP contribution in [0.4, 0.5) is 25.1 Å². The van der Waals surface area contributed by atoms with Gasteiger partial charge < -0.3 is 15.2 Å². The first-order valence-corrected chi connectivity index (χ1v) is 7.25. The van der Waals surface area contributed by atoms with Gasteiger partial charge in [0.05, 0.1) is 25.5 Å². The summed E-state index contributed by atoms with van der Waals surface area (Å²) in [6.07, 6.45) is 0. The summed E-state index contributed by atoms with van der Waals surface area (Å²) in [6.45, 7) is 1.23. The second-order valence-corrected chi connectivity index (χ2v) is 6.79. The standard InChI is InChI=1S/C10H12F5NO2S/c11-19(12,13,14,15)8-1-2-10(9(16)3-8)18-6-7-4-17-5-7/h1-3,7H,4-6,16H2. The van der Waals surface area contributed by atoms with Crippen molar-refractivity contribution in [3.8, 4) is 5.75 Å². The third kappa shape index (κ3) is 3.41. The molecule has 1 saturated heterocycles. The first-order chi connectivity index (χ1) is 8.45. The minimum absolute atomic E-state index is 0.0440. The van der Waals surface area contributed by atoms with Crippen LogP contribution in [0.15, 0.2) is 23.1 Å². The molecule has 1 aromatic carbocycles. The van der Waals surface area contributed by atoms with Crippen molar-refractivity contribution < 1.29 is 28.9 Å². The number of ether oxygens (including phenoxy) is 2. The molecule has 0 amide bonds. The normalized spacial score (nSPS) is 20.3. The monoisotopic (exact) mass is 305 g/mol. The molecule has 1 fully saturated rings. The smallest absolute Gasteiger partial charge is 0.310 e. The van der Waals surface area contributed by atoms with Crippen molar-refractivity contribution in [2.45, 2.75) is 4.90 Å². The highest BCUT2D eigenvalue weighted by molar-refractivity contribution is 8.45. The van der Waals surface area contributed by atoms with Crippen molar-refractivity contribution in [2.75, 3.05) is 25.6 Å². The average molecular weight is 305 g/mol. The molecular formula is C10H12F5NO2S. The van der Waals surface area contributed by atoms with Crippen LogP contribution in [0.2, 0.25) is 0 Å². The number of halogens is 5. The highest BCUT2D eigenvalue weighted by Crippen LogP contribution is 3.02. The molecule has 1 heterocycles. The summed E-state index contributed by atoms with van der Waals surface area (Å²) in [5, 5.41) is 0. The van der Waals surface area contributed by atoms with E-state index in [1.54, 1.807) is 0 Å². The molecule has 0 spiro atoms. The zero-order chi connectivity index (χ0) is 14.4. The molecule has 0 bridgehead atoms. The van der Waals surface area contributed by atoms with Gasteiger partial charge in [-0.2, -0.15) is 0 Å². The van der Waals surface area contributed by atoms with E-state index in [4.69, 9.17) is 15.2 Å². The molecule has 110 valence electrons. The highest BCUT2D eigenvalue weighted by atomic mass is 32.5. The SMILES string of the molecule is Nc1cc(S(F)(F)(F)(F)F)ccc1OCC1COC1. The third-order valence-corrected chi connectivity index (χ3v) is 3.75. The Labute approximate surface area is 106 Å². The minimum Gasteiger partial charge on any atom is -0.491 e. The quantitative estimate of drug-likeness (QED) is 0.676. The Morgan fingerprint density at radius 1 is 1.21 bits per heavy atom. The van der Waals surface area contributed by atoms with E-state index in [0.29, 0.717) is 13.2 Å². The van der Waals surface area contributed by atoms with E-state index in [1.165, 1.54) is 0 Å². The van der Waals surface area contributed by atoms with Gasteiger partial charge >= 0.3 is 10.2 Å². The Morgan fingerprint density at radius 2 is 1.84 bits per heavy atom. The lowest BCUT2D eigenvalue weighted by Gasteiger charge is -2.40. The van der Waals surface area contributed by atoms with Gasteiger partial charge in [-0.1, -0.05) is 19.4 Å². The van der Waals surface area contributed by atoms with Gasteiger partial charge in [-0.05, 0) is 18.2 Å². The van der Waals surface area contributed by atoms with Crippen molar-refractivity contribution in [1.82, 2.24) is 0 Å². The molecule has 1 aliphatic rings. The predicted octanol–water partition coefficient (Wildman–Crippen LogP) is 3.95. The van der Waals surface area contributed by atoms with E-state index >= 15 is 0 Å². The van der Waals surface area contributed by atoms with Crippen molar-refractivity contribution in [3.05, 3.63) is 18.2 Å². The first kappa shape index (κ1) is 14.2. The van der Waals surface area contributed by atoms with Crippen LogP contribution in [0.3, 0.4) is 0 Å². The number of anilines is 1. The number of nitrogens with two attached hydrogens (primary N) is 1. The maximum atomic E-state index is 12.5. The molecule has 19 heavy (non-hydrogen) atoms. The molecule has 1 aliphatic heterocycles. The largest absolute Gasteiger partial charge is 0.491 e. The van der Waals surface area contributed by atoms with E-state index in [0.717, 1.165) is 6.07 Å². The van der Waals surface area contributed by atoms with Crippen LogP contribution in [-0.2, 0) is 4.74 Å². The summed E-state index contributed by atoms with van der Waals surface area (Å²) in [7, 11) is -9.69. The van der Waals surface area contributed by atoms with Gasteiger partial charge in [0.1, 0.15) is 10.6 Å². The van der Waals surface area contributed by atoms with Gasteiger partial charge in [-0.3, -0.25) is 0 Å². The molecule has 2 rings (SSSR count). The topological polar surface area (TPSA) is 44.5 Å². The molecule has 0 radical (unpaired) electrons. The number of rotatable bonds is 4. The molecule has 2 N–H and O–H groups in total. The van der Waals surface area contributed by atoms with Gasteiger partial charge in [0, 0.05) is 5.92 Å². The average Bonchev–Trinajstić information content (AvgIpc) is 2.14. The third-order valence-electron chi connectivity index (χ3n) is 2.61. The van der Waals surface area contributed by atoms with Gasteiger partial charge in [0.15, 0.2) is 0 Å². The van der Waals surface area contributed by atoms with Crippen LogP contribution in [0, 0.1) is 5.92 Å². The zero-order valence-electron chi connectivity index (χ0n) is 9.62. The summed E-state index contributed by atoms with van der Waals surface area (Å²) in [5.74, 6) is 0.104. The highest BCUT2D eigenvalue weighted by Gasteiger charge is 2.65. The number of hydrogen-bond donors (Lipinski definition) is 1. The fraction of sp³-hybridized carbons (Fsp3) is 0.400. The second kappa shape index (κ2) is 3.66. The first-order valence-electron chi connectivity index (χ1n) is 5.30. The Hall–Kier alpha value is -1.22. The predicted molar refractivity (Wildman–Crippen MR) is 62.1 cm³/mol. The van der Waals surface area contributed by atoms with E-state index in [9.17, 15) is 19.4 Å². The molecule has 1 aromatic rings. The Kier molecular flexibility index (Phi) is 2.74. The van der Waals surface area contributed by atoms with Gasteiger partial charge in [-0.15, -0.1) is 0 Å². The van der Waals surface area contributed by atoms with E-state index in [-0.39, 0.29) is 30.4 Å². The Balaban J connectivity index is 2.17. The zero-order valence-corrected chi connectivity index (χ0v) is 10.4. The van der Waals surface area contributed by atoms with Crippen molar-refractivity contribution >= 4 is 15.9 Å². The number of nitrogen functional groups attached to an aromatic ring is 1. The summed E-state index contributed by atoms with van der Waals surface area (Å²) < 4.78 is 72.7. The molecular weight excluding hydrogens is 293 g/mol. The number of hydrogen-bond acceptors (Lipinski definition) is 3. The van der Waals surface area contributed by atoms with E-state index in [2.05, 4.69) is 0 Å². The minimum atomic E-state index is -9.69. The fourth-order valence-electron chi connectivity index (χ4n) is 1.49. The van der Waals surface area contributed by atoms with Crippen LogP contribution in [0.25, 0.3) is 0 Å². The second-order valence-electron chi connectivity index (χ2n) is 4.38. The van der Waals surface area contributed by atoms with Crippen molar-refractivity contribution in [1.29, 1.82) is 0 Å². The molecule has 0 atom stereocenters. The molecule has 9 heteroatoms. The van der Waals surface area contributed by atoms with Gasteiger partial charge in [0.2, 0.25) is 0 Å². The lowest BCUT2D eigenvalue weighted by Crippen LogP contribution is -2.32. The fourth-order valence-corrected chi connectivity index (χ4v) is 2.16. The summed E-state index contributed by atoms with van der Waals surface area (Å²) in [5.41, 5.74) is 4.84. The van der Waals surface area contributed by atoms with Crippen LogP contribution < -0.4 is 10.5 Å². The maximum Gasteiger partial charge on any atom is 0.310 e. The van der Waals surface area contributed by atoms with Crippen LogP contribution in [-0.4, -0.2) is 19.8 Å². The summed E-state index contributed by atoms with van der Waals surface area (Å²) >= 11 is 0. The lowest BCUT2D eigenvalue weighted by molar-refractivity contribution is -0.0507. The van der Waals surface area contributed by atoms with Gasteiger partial charge in [-0.25, -0.2) is 0 Å². The van der Waals surface area contributed by atoms with E-state index in [1.807, 2.05) is 0 Å². The number of benzene rings is 1. The Bertz CT molecular complexity index is 500. The van der Waals surface area contributed by atoms with E-state index < -0.39 is 20.8 Å².